The zero-order valence-electron chi connectivity index (χ0n) is 24.8. The van der Waals surface area contributed by atoms with Crippen LogP contribution < -0.4 is 0 Å². The van der Waals surface area contributed by atoms with Crippen LogP contribution in [0, 0.1) is 57.7 Å². The van der Waals surface area contributed by atoms with Crippen LogP contribution in [0.25, 0.3) is 0 Å². The first-order chi connectivity index (χ1) is 16.4. The molecule has 0 aromatic heterocycles. The summed E-state index contributed by atoms with van der Waals surface area (Å²) in [5, 5.41) is 12.2. The highest BCUT2D eigenvalue weighted by atomic mass is 32.2. The van der Waals surface area contributed by atoms with Gasteiger partial charge in [0.05, 0.1) is 18.0 Å². The van der Waals surface area contributed by atoms with E-state index in [-0.39, 0.29) is 22.9 Å². The van der Waals surface area contributed by atoms with E-state index in [1.807, 2.05) is 0 Å². The average Bonchev–Trinajstić information content (AvgIpc) is 3.08. The molecule has 36 heavy (non-hydrogen) atoms. The normalized spacial score (nSPS) is 47.2. The van der Waals surface area contributed by atoms with E-state index < -0.39 is 15.7 Å². The molecule has 0 saturated heterocycles. The number of hydrogen-bond donors (Lipinski definition) is 1. The molecule has 4 aliphatic carbocycles. The first-order valence-corrected chi connectivity index (χ1v) is 16.9. The number of rotatable bonds is 7. The molecule has 0 aliphatic heterocycles. The summed E-state index contributed by atoms with van der Waals surface area (Å²) in [7, 11) is -3.51. The van der Waals surface area contributed by atoms with E-state index in [4.69, 9.17) is 4.18 Å². The van der Waals surface area contributed by atoms with Crippen LogP contribution in [-0.2, 0) is 14.3 Å². The maximum Gasteiger partial charge on any atom is 0.264 e. The second kappa shape index (κ2) is 9.51. The van der Waals surface area contributed by atoms with Gasteiger partial charge in [0.25, 0.3) is 10.1 Å². The molecule has 0 aromatic rings. The van der Waals surface area contributed by atoms with E-state index >= 15 is 0 Å². The van der Waals surface area contributed by atoms with E-state index in [1.165, 1.54) is 51.2 Å². The van der Waals surface area contributed by atoms with Crippen molar-refractivity contribution in [2.75, 3.05) is 6.26 Å². The third kappa shape index (κ3) is 4.85. The van der Waals surface area contributed by atoms with Crippen molar-refractivity contribution in [1.29, 1.82) is 0 Å². The summed E-state index contributed by atoms with van der Waals surface area (Å²) < 4.78 is 29.8. The number of aliphatic hydroxyl groups is 1. The highest BCUT2D eigenvalue weighted by Crippen LogP contribution is 2.72. The molecule has 1 N–H and O–H groups in total. The molecule has 0 heterocycles. The molecule has 0 spiro atoms. The highest BCUT2D eigenvalue weighted by molar-refractivity contribution is 7.86. The van der Waals surface area contributed by atoms with E-state index in [1.54, 1.807) is 0 Å². The van der Waals surface area contributed by atoms with Crippen LogP contribution >= 0.6 is 0 Å². The number of hydrogen-bond acceptors (Lipinski definition) is 4. The monoisotopic (exact) mass is 524 g/mol. The minimum atomic E-state index is -3.51. The average molecular weight is 525 g/mol. The van der Waals surface area contributed by atoms with Crippen LogP contribution in [0.3, 0.4) is 0 Å². The van der Waals surface area contributed by atoms with Gasteiger partial charge in [-0.2, -0.15) is 8.42 Å². The second-order valence-corrected chi connectivity index (χ2v) is 17.1. The minimum absolute atomic E-state index is 0.121. The molecule has 4 fully saturated rings. The second-order valence-electron chi connectivity index (χ2n) is 15.5. The van der Waals surface area contributed by atoms with Crippen LogP contribution in [-0.4, -0.2) is 31.5 Å². The third-order valence-electron chi connectivity index (χ3n) is 12.4. The van der Waals surface area contributed by atoms with Gasteiger partial charge >= 0.3 is 0 Å². The lowest BCUT2D eigenvalue weighted by molar-refractivity contribution is -0.239. The Hall–Kier alpha value is -0.130. The Morgan fingerprint density at radius 3 is 2.11 bits per heavy atom. The van der Waals surface area contributed by atoms with Crippen molar-refractivity contribution in [2.24, 2.45) is 57.7 Å². The summed E-state index contributed by atoms with van der Waals surface area (Å²) in [4.78, 5) is 0. The molecule has 0 radical (unpaired) electrons. The Labute approximate surface area is 222 Å². The van der Waals surface area contributed by atoms with Crippen LogP contribution in [0.1, 0.15) is 120 Å². The first-order valence-electron chi connectivity index (χ1n) is 15.0. The van der Waals surface area contributed by atoms with Gasteiger partial charge in [0.15, 0.2) is 0 Å². The molecule has 0 unspecified atom stereocenters. The van der Waals surface area contributed by atoms with Gasteiger partial charge in [0, 0.05) is 0 Å². The van der Waals surface area contributed by atoms with Crippen molar-refractivity contribution < 1.29 is 17.7 Å². The van der Waals surface area contributed by atoms with Crippen molar-refractivity contribution in [1.82, 2.24) is 0 Å². The van der Waals surface area contributed by atoms with E-state index in [9.17, 15) is 13.5 Å². The molecule has 5 heteroatoms. The first kappa shape index (κ1) is 28.9. The molecule has 0 bridgehead atoms. The highest BCUT2D eigenvalue weighted by Gasteiger charge is 2.68. The maximum atomic E-state index is 12.2. The fourth-order valence-corrected chi connectivity index (χ4v) is 11.5. The lowest BCUT2D eigenvalue weighted by Gasteiger charge is -2.68. The molecule has 4 saturated carbocycles. The van der Waals surface area contributed by atoms with Crippen molar-refractivity contribution in [2.45, 2.75) is 131 Å². The summed E-state index contributed by atoms with van der Waals surface area (Å²) >= 11 is 0. The molecule has 0 aromatic carbocycles. The lowest BCUT2D eigenvalue weighted by atomic mass is 9.38. The standard InChI is InChI=1S/C31H56O4S/c1-20(2)11-10-12-21(3)22-13-14-23-27-24(15-17-29(22,23)6)30(7)18-16-26(35-36(9,33)34)28(4,5)25(30)19-31(27,8)32/h20-27,32H,10-19H2,1-9H3/t21-,22-,23+,24+,25+,26-,27+,29-,30-,31-/m1/s1. The zero-order valence-corrected chi connectivity index (χ0v) is 25.6. The Morgan fingerprint density at radius 2 is 1.50 bits per heavy atom. The van der Waals surface area contributed by atoms with Gasteiger partial charge in [0.1, 0.15) is 0 Å². The topological polar surface area (TPSA) is 63.6 Å². The number of fused-ring (bicyclic) bond motifs is 5. The van der Waals surface area contributed by atoms with Gasteiger partial charge in [-0.1, -0.05) is 67.7 Å². The van der Waals surface area contributed by atoms with Gasteiger partial charge in [-0.25, -0.2) is 0 Å². The van der Waals surface area contributed by atoms with Crippen molar-refractivity contribution in [3.63, 3.8) is 0 Å². The van der Waals surface area contributed by atoms with Crippen LogP contribution in [0.4, 0.5) is 0 Å². The van der Waals surface area contributed by atoms with Crippen LogP contribution in [0.2, 0.25) is 0 Å². The van der Waals surface area contributed by atoms with Crippen molar-refractivity contribution >= 4 is 10.1 Å². The summed E-state index contributed by atoms with van der Waals surface area (Å²) in [6.07, 6.45) is 12.5. The molecule has 4 aliphatic rings. The van der Waals surface area contributed by atoms with Gasteiger partial charge < -0.3 is 5.11 Å². The molecule has 10 atom stereocenters. The smallest absolute Gasteiger partial charge is 0.264 e. The quantitative estimate of drug-likeness (QED) is 0.351. The molecular weight excluding hydrogens is 468 g/mol. The fourth-order valence-electron chi connectivity index (χ4n) is 10.7. The van der Waals surface area contributed by atoms with E-state index in [0.29, 0.717) is 23.2 Å². The van der Waals surface area contributed by atoms with E-state index in [2.05, 4.69) is 55.4 Å². The Morgan fingerprint density at radius 1 is 0.889 bits per heavy atom. The van der Waals surface area contributed by atoms with E-state index in [0.717, 1.165) is 37.0 Å². The predicted octanol–water partition coefficient (Wildman–Crippen LogP) is 7.45. The molecule has 4 nitrogen and oxygen atoms in total. The summed E-state index contributed by atoms with van der Waals surface area (Å²) in [5.74, 6) is 3.99. The molecular formula is C31H56O4S. The SMILES string of the molecule is CC(C)CCC[C@@H](C)[C@H]1CC[C@H]2[C@H]3[C@H](CC[C@]12C)[C@@]1(C)CC[C@@H](OS(C)(=O)=O)C(C)(C)[C@@H]1C[C@@]3(C)O. The van der Waals surface area contributed by atoms with Crippen molar-refractivity contribution in [3.05, 3.63) is 0 Å². The fraction of sp³-hybridized carbons (Fsp3) is 1.00. The summed E-state index contributed by atoms with van der Waals surface area (Å²) in [5.41, 5.74) is -0.566. The van der Waals surface area contributed by atoms with Gasteiger partial charge in [-0.05, 0) is 110 Å². The van der Waals surface area contributed by atoms with Gasteiger partial charge in [0.2, 0.25) is 0 Å². The van der Waals surface area contributed by atoms with Gasteiger partial charge in [-0.15, -0.1) is 0 Å². The maximum absolute atomic E-state index is 12.2. The molecule has 210 valence electrons. The van der Waals surface area contributed by atoms with Crippen LogP contribution in [0.5, 0.6) is 0 Å². The Bertz CT molecular complexity index is 908. The minimum Gasteiger partial charge on any atom is -0.390 e. The third-order valence-corrected chi connectivity index (χ3v) is 13.0. The summed E-state index contributed by atoms with van der Waals surface area (Å²) in [6, 6.07) is 0. The lowest BCUT2D eigenvalue weighted by Crippen LogP contribution is -2.66. The largest absolute Gasteiger partial charge is 0.390 e. The molecule has 4 rings (SSSR count). The van der Waals surface area contributed by atoms with Crippen molar-refractivity contribution in [3.8, 4) is 0 Å². The summed E-state index contributed by atoms with van der Waals surface area (Å²) in [6.45, 7) is 18.7. The molecule has 0 amide bonds. The van der Waals surface area contributed by atoms with Gasteiger partial charge in [-0.3, -0.25) is 4.18 Å². The Kier molecular flexibility index (Phi) is 7.62. The van der Waals surface area contributed by atoms with Crippen LogP contribution in [0.15, 0.2) is 0 Å². The Balaban J connectivity index is 1.59. The predicted molar refractivity (Wildman–Crippen MR) is 148 cm³/mol. The zero-order chi connectivity index (χ0) is 26.9.